The molecular weight excluding hydrogens is 276 g/mol. The van der Waals surface area contributed by atoms with Crippen molar-refractivity contribution in [3.8, 4) is 0 Å². The van der Waals surface area contributed by atoms with Crippen LogP contribution < -0.4 is 5.32 Å². The Labute approximate surface area is 122 Å². The zero-order valence-electron chi connectivity index (χ0n) is 12.3. The van der Waals surface area contributed by atoms with Crippen molar-refractivity contribution in [2.45, 2.75) is 46.1 Å². The van der Waals surface area contributed by atoms with E-state index in [0.717, 1.165) is 19.3 Å². The van der Waals surface area contributed by atoms with Gasteiger partial charge in [0.05, 0.1) is 11.3 Å². The number of carbonyl (C=O) groups is 1. The molecule has 0 radical (unpaired) electrons. The minimum absolute atomic E-state index is 0.0263. The van der Waals surface area contributed by atoms with Crippen LogP contribution in [-0.4, -0.2) is 32.3 Å². The third-order valence-electron chi connectivity index (χ3n) is 4.15. The number of nitro groups is 1. The van der Waals surface area contributed by atoms with Gasteiger partial charge in [-0.15, -0.1) is 0 Å². The third kappa shape index (κ3) is 2.98. The molecule has 1 fully saturated rings. The van der Waals surface area contributed by atoms with E-state index in [4.69, 9.17) is 5.11 Å². The van der Waals surface area contributed by atoms with Gasteiger partial charge in [0.15, 0.2) is 0 Å². The molecule has 2 rings (SSSR count). The minimum Gasteiger partial charge on any atom is -0.481 e. The topological polar surface area (TPSA) is 110 Å². The molecule has 0 amide bonds. The summed E-state index contributed by atoms with van der Waals surface area (Å²) in [5.41, 5.74) is 0.0445. The lowest BCUT2D eigenvalue weighted by atomic mass is 9.66. The summed E-state index contributed by atoms with van der Waals surface area (Å²) in [5, 5.41) is 27.4. The van der Waals surface area contributed by atoms with Crippen LogP contribution >= 0.6 is 0 Å². The lowest BCUT2D eigenvalue weighted by Crippen LogP contribution is -2.39. The van der Waals surface area contributed by atoms with Gasteiger partial charge in [0.1, 0.15) is 5.69 Å². The summed E-state index contributed by atoms with van der Waals surface area (Å²) in [5.74, 6) is -0.456. The van der Waals surface area contributed by atoms with Gasteiger partial charge in [-0.1, -0.05) is 6.42 Å². The van der Waals surface area contributed by atoms with Gasteiger partial charge in [-0.3, -0.25) is 14.9 Å². The van der Waals surface area contributed by atoms with E-state index >= 15 is 0 Å². The third-order valence-corrected chi connectivity index (χ3v) is 4.15. The van der Waals surface area contributed by atoms with Crippen molar-refractivity contribution >= 4 is 17.5 Å². The van der Waals surface area contributed by atoms with Crippen LogP contribution in [0.25, 0.3) is 0 Å². The molecule has 21 heavy (non-hydrogen) atoms. The monoisotopic (exact) mass is 296 g/mol. The first-order chi connectivity index (χ1) is 9.88. The molecule has 0 atom stereocenters. The second-order valence-electron chi connectivity index (χ2n) is 5.63. The quantitative estimate of drug-likeness (QED) is 0.589. The molecule has 0 aromatic carbocycles. The molecule has 0 spiro atoms. The van der Waals surface area contributed by atoms with E-state index in [1.807, 2.05) is 6.92 Å². The van der Waals surface area contributed by atoms with Crippen LogP contribution in [0, 0.1) is 22.5 Å². The summed E-state index contributed by atoms with van der Waals surface area (Å²) in [6, 6.07) is 0. The van der Waals surface area contributed by atoms with E-state index in [1.165, 1.54) is 0 Å². The molecule has 0 aliphatic heterocycles. The lowest BCUT2D eigenvalue weighted by Gasteiger charge is -2.41. The summed E-state index contributed by atoms with van der Waals surface area (Å²) in [4.78, 5) is 21.7. The first-order valence-corrected chi connectivity index (χ1v) is 7.06. The Hall–Kier alpha value is -2.12. The molecule has 8 nitrogen and oxygen atoms in total. The minimum atomic E-state index is -0.828. The van der Waals surface area contributed by atoms with Crippen molar-refractivity contribution < 1.29 is 14.8 Å². The largest absolute Gasteiger partial charge is 0.481 e. The summed E-state index contributed by atoms with van der Waals surface area (Å²) in [6.07, 6.45) is 2.76. The number of nitrogens with one attached hydrogen (secondary N) is 1. The normalized spacial score (nSPS) is 16.3. The standard InChI is InChI=1S/C13H20N4O4/c1-3-16-12(11(17(20)21)9(2)15-16)14-8-13(5-4-6-13)7-10(18)19/h14H,3-8H2,1-2H3,(H,18,19). The van der Waals surface area contributed by atoms with E-state index in [2.05, 4.69) is 10.4 Å². The number of aryl methyl sites for hydroxylation is 2. The fourth-order valence-electron chi connectivity index (χ4n) is 2.88. The highest BCUT2D eigenvalue weighted by Gasteiger charge is 2.39. The zero-order chi connectivity index (χ0) is 15.6. The Balaban J connectivity index is 2.19. The van der Waals surface area contributed by atoms with Gasteiger partial charge in [-0.05, 0) is 32.1 Å². The smallest absolute Gasteiger partial charge is 0.333 e. The number of aliphatic carboxylic acids is 1. The maximum Gasteiger partial charge on any atom is 0.333 e. The van der Waals surface area contributed by atoms with Crippen LogP contribution in [0.5, 0.6) is 0 Å². The van der Waals surface area contributed by atoms with Gasteiger partial charge in [0, 0.05) is 13.1 Å². The Bertz CT molecular complexity index is 563. The van der Waals surface area contributed by atoms with Crippen molar-refractivity contribution in [1.29, 1.82) is 0 Å². The van der Waals surface area contributed by atoms with Crippen molar-refractivity contribution in [2.24, 2.45) is 5.41 Å². The predicted octanol–water partition coefficient (Wildman–Crippen LogP) is 2.18. The molecule has 0 bridgehead atoms. The Morgan fingerprint density at radius 2 is 2.24 bits per heavy atom. The van der Waals surface area contributed by atoms with Crippen LogP contribution in [-0.2, 0) is 11.3 Å². The second kappa shape index (κ2) is 5.71. The van der Waals surface area contributed by atoms with Crippen LogP contribution in [0.1, 0.15) is 38.3 Å². The van der Waals surface area contributed by atoms with Gasteiger partial charge >= 0.3 is 11.7 Å². The first kappa shape index (κ1) is 15.3. The van der Waals surface area contributed by atoms with E-state index < -0.39 is 10.9 Å². The summed E-state index contributed by atoms with van der Waals surface area (Å²) in [6.45, 7) is 4.40. The van der Waals surface area contributed by atoms with Gasteiger partial charge in [-0.25, -0.2) is 4.68 Å². The summed E-state index contributed by atoms with van der Waals surface area (Å²) in [7, 11) is 0. The predicted molar refractivity (Wildman–Crippen MR) is 76.3 cm³/mol. The van der Waals surface area contributed by atoms with E-state index in [-0.39, 0.29) is 17.5 Å². The van der Waals surface area contributed by atoms with Gasteiger partial charge in [-0.2, -0.15) is 5.10 Å². The number of aromatic nitrogens is 2. The van der Waals surface area contributed by atoms with Crippen molar-refractivity contribution in [3.05, 3.63) is 15.8 Å². The molecule has 1 heterocycles. The van der Waals surface area contributed by atoms with E-state index in [0.29, 0.717) is 24.6 Å². The molecule has 1 aliphatic carbocycles. The molecular formula is C13H20N4O4. The van der Waals surface area contributed by atoms with Gasteiger partial charge < -0.3 is 10.4 Å². The second-order valence-corrected chi connectivity index (χ2v) is 5.63. The molecule has 1 aliphatic rings. The number of carboxylic acid groups (broad SMARTS) is 1. The Kier molecular flexibility index (Phi) is 4.15. The lowest BCUT2D eigenvalue weighted by molar-refractivity contribution is -0.384. The van der Waals surface area contributed by atoms with Gasteiger partial charge in [0.2, 0.25) is 5.82 Å². The highest BCUT2D eigenvalue weighted by Crippen LogP contribution is 2.44. The number of anilines is 1. The SMILES string of the molecule is CCn1nc(C)c([N+](=O)[O-])c1NCC1(CC(=O)O)CCC1. The highest BCUT2D eigenvalue weighted by atomic mass is 16.6. The van der Waals surface area contributed by atoms with Crippen molar-refractivity contribution in [1.82, 2.24) is 9.78 Å². The van der Waals surface area contributed by atoms with Crippen LogP contribution in [0.2, 0.25) is 0 Å². The molecule has 8 heteroatoms. The molecule has 1 aromatic rings. The van der Waals surface area contributed by atoms with Crippen molar-refractivity contribution in [2.75, 3.05) is 11.9 Å². The van der Waals surface area contributed by atoms with Gasteiger partial charge in [0.25, 0.3) is 0 Å². The van der Waals surface area contributed by atoms with E-state index in [9.17, 15) is 14.9 Å². The number of hydrogen-bond donors (Lipinski definition) is 2. The van der Waals surface area contributed by atoms with Crippen LogP contribution in [0.4, 0.5) is 11.5 Å². The molecule has 2 N–H and O–H groups in total. The average Bonchev–Trinajstić information content (AvgIpc) is 2.68. The summed E-state index contributed by atoms with van der Waals surface area (Å²) >= 11 is 0. The fourth-order valence-corrected chi connectivity index (χ4v) is 2.88. The average molecular weight is 296 g/mol. The first-order valence-electron chi connectivity index (χ1n) is 7.06. The fraction of sp³-hybridized carbons (Fsp3) is 0.692. The molecule has 0 unspecified atom stereocenters. The summed E-state index contributed by atoms with van der Waals surface area (Å²) < 4.78 is 1.56. The maximum atomic E-state index is 11.2. The van der Waals surface area contributed by atoms with Crippen LogP contribution in [0.3, 0.4) is 0 Å². The molecule has 1 saturated carbocycles. The highest BCUT2D eigenvalue weighted by molar-refractivity contribution is 5.68. The number of carboxylic acids is 1. The molecule has 1 aromatic heterocycles. The maximum absolute atomic E-state index is 11.2. The van der Waals surface area contributed by atoms with Crippen LogP contribution in [0.15, 0.2) is 0 Å². The Morgan fingerprint density at radius 3 is 2.67 bits per heavy atom. The van der Waals surface area contributed by atoms with Crippen molar-refractivity contribution in [3.63, 3.8) is 0 Å². The Morgan fingerprint density at radius 1 is 1.57 bits per heavy atom. The number of nitrogens with zero attached hydrogens (tertiary/aromatic N) is 3. The molecule has 0 saturated heterocycles. The number of hydrogen-bond acceptors (Lipinski definition) is 5. The zero-order valence-corrected chi connectivity index (χ0v) is 12.3. The van der Waals surface area contributed by atoms with E-state index in [1.54, 1.807) is 11.6 Å². The number of rotatable bonds is 7. The molecule has 116 valence electrons.